The normalized spacial score (nSPS) is 18.8. The van der Waals surface area contributed by atoms with E-state index >= 15 is 0 Å². The van der Waals surface area contributed by atoms with Crippen LogP contribution in [0.1, 0.15) is 124 Å². The Kier molecular flexibility index (Phi) is 15.3. The molecule has 0 spiro atoms. The average molecular weight is 646 g/mol. The first-order valence-corrected chi connectivity index (χ1v) is 18.2. The van der Waals surface area contributed by atoms with Crippen LogP contribution in [0.15, 0.2) is 36.4 Å². The van der Waals surface area contributed by atoms with Crippen molar-refractivity contribution >= 4 is 0 Å². The summed E-state index contributed by atoms with van der Waals surface area (Å²) in [5, 5.41) is 21.8. The predicted molar refractivity (Wildman–Crippen MR) is 191 cm³/mol. The van der Waals surface area contributed by atoms with E-state index in [0.29, 0.717) is 36.9 Å². The molecule has 4 rings (SSSR count). The molecule has 1 saturated carbocycles. The summed E-state index contributed by atoms with van der Waals surface area (Å²) < 4.78 is 11.8. The summed E-state index contributed by atoms with van der Waals surface area (Å²) in [6, 6.07) is 12.6. The van der Waals surface area contributed by atoms with Gasteiger partial charge in [0.2, 0.25) is 0 Å². The molecule has 0 radical (unpaired) electrons. The molecule has 3 aromatic rings. The number of ether oxygens (including phenoxy) is 2. The summed E-state index contributed by atoms with van der Waals surface area (Å²) in [6.45, 7) is 11.8. The van der Waals surface area contributed by atoms with Crippen LogP contribution in [0.5, 0.6) is 0 Å². The molecule has 1 heterocycles. The molecule has 0 bridgehead atoms. The molecule has 1 aromatic heterocycles. The number of rotatable bonds is 19. The fraction of sp³-hybridized carbons (Fsp3) is 0.625. The zero-order valence-electron chi connectivity index (χ0n) is 29.6. The van der Waals surface area contributed by atoms with Crippen molar-refractivity contribution in [2.45, 2.75) is 142 Å². The van der Waals surface area contributed by atoms with Gasteiger partial charge in [-0.15, -0.1) is 0 Å². The third kappa shape index (κ3) is 11.7. The average Bonchev–Trinajstić information content (AvgIpc) is 3.04. The van der Waals surface area contributed by atoms with Crippen LogP contribution in [0, 0.1) is 27.7 Å². The monoisotopic (exact) mass is 645 g/mol. The summed E-state index contributed by atoms with van der Waals surface area (Å²) in [7, 11) is 0. The van der Waals surface area contributed by atoms with Crippen LogP contribution >= 0.6 is 0 Å². The Balaban J connectivity index is 1.26. The number of hydrogen-bond acceptors (Lipinski definition) is 7. The molecule has 4 atom stereocenters. The fourth-order valence-corrected chi connectivity index (χ4v) is 6.70. The van der Waals surface area contributed by atoms with Gasteiger partial charge in [0.25, 0.3) is 0 Å². The maximum absolute atomic E-state index is 11.3. The lowest BCUT2D eigenvalue weighted by molar-refractivity contribution is -0.0720. The van der Waals surface area contributed by atoms with E-state index in [0.717, 1.165) is 35.1 Å². The number of aromatic nitrogens is 3. The molecule has 0 saturated heterocycles. The molecule has 1 aliphatic rings. The molecule has 0 aliphatic heterocycles. The van der Waals surface area contributed by atoms with Gasteiger partial charge in [-0.05, 0) is 58.1 Å². The van der Waals surface area contributed by atoms with Gasteiger partial charge in [-0.25, -0.2) is 15.0 Å². The van der Waals surface area contributed by atoms with Crippen LogP contribution < -0.4 is 0 Å². The Morgan fingerprint density at radius 3 is 1.81 bits per heavy atom. The van der Waals surface area contributed by atoms with Gasteiger partial charge in [0.15, 0.2) is 11.6 Å². The third-order valence-corrected chi connectivity index (χ3v) is 9.48. The smallest absolute Gasteiger partial charge is 0.163 e. The second kappa shape index (κ2) is 19.3. The Hall–Kier alpha value is -2.71. The second-order valence-electron chi connectivity index (χ2n) is 13.8. The first-order chi connectivity index (χ1) is 22.7. The third-order valence-electron chi connectivity index (χ3n) is 9.48. The van der Waals surface area contributed by atoms with E-state index < -0.39 is 12.2 Å². The minimum absolute atomic E-state index is 0.127. The quantitative estimate of drug-likeness (QED) is 0.126. The Labute approximate surface area is 283 Å². The highest BCUT2D eigenvalue weighted by molar-refractivity contribution is 5.66. The number of aryl methyl sites for hydroxylation is 4. The zero-order valence-corrected chi connectivity index (χ0v) is 29.6. The van der Waals surface area contributed by atoms with Gasteiger partial charge in [-0.1, -0.05) is 112 Å². The molecule has 2 aromatic carbocycles. The Bertz CT molecular complexity index is 1310. The lowest BCUT2D eigenvalue weighted by Crippen LogP contribution is -2.35. The highest BCUT2D eigenvalue weighted by Gasteiger charge is 2.34. The van der Waals surface area contributed by atoms with E-state index in [1.54, 1.807) is 0 Å². The number of unbranched alkanes of at least 4 members (excludes halogenated alkanes) is 9. The van der Waals surface area contributed by atoms with Crippen LogP contribution in [-0.2, 0) is 9.47 Å². The standard InChI is InChI=1S/C40H59N3O4/c1-6-7-8-9-10-11-12-13-14-15-22-46-26-32(44)27-47-33-18-21-36(37(45)25-33)40-42-38(34-19-16-28(2)23-30(34)4)41-39(43-40)35-20-17-29(3)24-31(35)5/h16-17,19-20,23-24,32-33,36-37,44-45H,6-15,18,21-22,25-27H2,1-5H3. The first kappa shape index (κ1) is 37.1. The van der Waals surface area contributed by atoms with Crippen molar-refractivity contribution in [3.05, 3.63) is 64.5 Å². The summed E-state index contributed by atoms with van der Waals surface area (Å²) in [5.41, 5.74) is 6.54. The summed E-state index contributed by atoms with van der Waals surface area (Å²) >= 11 is 0. The summed E-state index contributed by atoms with van der Waals surface area (Å²) in [4.78, 5) is 14.8. The highest BCUT2D eigenvalue weighted by atomic mass is 16.5. The highest BCUT2D eigenvalue weighted by Crippen LogP contribution is 2.35. The molecule has 2 N–H and O–H groups in total. The topological polar surface area (TPSA) is 97.6 Å². The Morgan fingerprint density at radius 1 is 0.723 bits per heavy atom. The van der Waals surface area contributed by atoms with Crippen molar-refractivity contribution in [3.63, 3.8) is 0 Å². The van der Waals surface area contributed by atoms with Crippen LogP contribution in [0.25, 0.3) is 22.8 Å². The first-order valence-electron chi connectivity index (χ1n) is 18.2. The van der Waals surface area contributed by atoms with Gasteiger partial charge in [-0.2, -0.15) is 0 Å². The zero-order chi connectivity index (χ0) is 33.6. The molecular weight excluding hydrogens is 586 g/mol. The van der Waals surface area contributed by atoms with Crippen molar-refractivity contribution in [3.8, 4) is 22.8 Å². The summed E-state index contributed by atoms with van der Waals surface area (Å²) in [5.74, 6) is 1.67. The maximum atomic E-state index is 11.3. The minimum atomic E-state index is -0.669. The molecular formula is C40H59N3O4. The van der Waals surface area contributed by atoms with Crippen LogP contribution in [0.4, 0.5) is 0 Å². The number of aliphatic hydroxyl groups excluding tert-OH is 2. The van der Waals surface area contributed by atoms with Crippen LogP contribution in [0.3, 0.4) is 0 Å². The largest absolute Gasteiger partial charge is 0.392 e. The van der Waals surface area contributed by atoms with E-state index in [4.69, 9.17) is 24.4 Å². The number of hydrogen-bond donors (Lipinski definition) is 2. The van der Waals surface area contributed by atoms with Crippen molar-refractivity contribution < 1.29 is 19.7 Å². The van der Waals surface area contributed by atoms with E-state index in [9.17, 15) is 10.2 Å². The molecule has 0 amide bonds. The number of nitrogens with zero attached hydrogens (tertiary/aromatic N) is 3. The molecule has 4 unspecified atom stereocenters. The molecule has 1 aliphatic carbocycles. The van der Waals surface area contributed by atoms with Gasteiger partial charge in [0.1, 0.15) is 11.9 Å². The van der Waals surface area contributed by atoms with E-state index in [2.05, 4.69) is 71.0 Å². The molecule has 7 nitrogen and oxygen atoms in total. The molecule has 258 valence electrons. The van der Waals surface area contributed by atoms with Gasteiger partial charge >= 0.3 is 0 Å². The van der Waals surface area contributed by atoms with Gasteiger partial charge in [0.05, 0.1) is 25.4 Å². The SMILES string of the molecule is CCCCCCCCCCCCOCC(O)COC1CCC(c2nc(-c3ccc(C)cc3C)nc(-c3ccc(C)cc3C)n2)C(O)C1. The van der Waals surface area contributed by atoms with Crippen molar-refractivity contribution in [1.29, 1.82) is 0 Å². The van der Waals surface area contributed by atoms with Crippen molar-refractivity contribution in [2.75, 3.05) is 19.8 Å². The summed E-state index contributed by atoms with van der Waals surface area (Å²) in [6.07, 6.45) is 13.4. The van der Waals surface area contributed by atoms with Crippen LogP contribution in [0.2, 0.25) is 0 Å². The second-order valence-corrected chi connectivity index (χ2v) is 13.8. The predicted octanol–water partition coefficient (Wildman–Crippen LogP) is 8.75. The lowest BCUT2D eigenvalue weighted by Gasteiger charge is -2.32. The van der Waals surface area contributed by atoms with Crippen LogP contribution in [-0.4, -0.2) is 63.3 Å². The van der Waals surface area contributed by atoms with E-state index in [1.165, 1.54) is 68.9 Å². The van der Waals surface area contributed by atoms with Gasteiger partial charge in [0, 0.05) is 30.1 Å². The molecule has 47 heavy (non-hydrogen) atoms. The number of benzene rings is 2. The lowest BCUT2D eigenvalue weighted by atomic mass is 9.84. The van der Waals surface area contributed by atoms with Crippen molar-refractivity contribution in [2.24, 2.45) is 0 Å². The maximum Gasteiger partial charge on any atom is 0.163 e. The van der Waals surface area contributed by atoms with Crippen molar-refractivity contribution in [1.82, 2.24) is 15.0 Å². The van der Waals surface area contributed by atoms with E-state index in [-0.39, 0.29) is 25.2 Å². The molecule has 1 fully saturated rings. The number of aliphatic hydroxyl groups is 2. The van der Waals surface area contributed by atoms with E-state index in [1.807, 2.05) is 0 Å². The minimum Gasteiger partial charge on any atom is -0.392 e. The van der Waals surface area contributed by atoms with Gasteiger partial charge < -0.3 is 19.7 Å². The van der Waals surface area contributed by atoms with Gasteiger partial charge in [-0.3, -0.25) is 0 Å². The fourth-order valence-electron chi connectivity index (χ4n) is 6.70. The molecule has 7 heteroatoms. The Morgan fingerprint density at radius 2 is 1.28 bits per heavy atom.